The topological polar surface area (TPSA) is 65.5 Å². The lowest BCUT2D eigenvalue weighted by Gasteiger charge is -2.09. The summed E-state index contributed by atoms with van der Waals surface area (Å²) in [5.74, 6) is -0.901. The predicted molar refractivity (Wildman–Crippen MR) is 98.3 cm³/mol. The van der Waals surface area contributed by atoms with Crippen LogP contribution in [0, 0.1) is 0 Å². The first-order valence-corrected chi connectivity index (χ1v) is 8.44. The molecule has 6 heteroatoms. The van der Waals surface area contributed by atoms with E-state index in [1.165, 1.54) is 6.20 Å². The van der Waals surface area contributed by atoms with E-state index >= 15 is 0 Å². The molecule has 1 aromatic heterocycles. The van der Waals surface area contributed by atoms with Crippen LogP contribution in [0.4, 0.5) is 0 Å². The van der Waals surface area contributed by atoms with Gasteiger partial charge in [-0.1, -0.05) is 41.9 Å². The summed E-state index contributed by atoms with van der Waals surface area (Å²) >= 11 is 6.31. The van der Waals surface area contributed by atoms with E-state index in [9.17, 15) is 9.59 Å². The standard InChI is InChI=1S/C20H16ClNO4/c1-2-25-20(24)16-11-22-17-10-13(8-9-15(17)18(16)21)12-26-19(23)14-6-4-3-5-7-14/h3-11H,2,12H2,1H3. The van der Waals surface area contributed by atoms with Gasteiger partial charge in [0.05, 0.1) is 28.3 Å². The van der Waals surface area contributed by atoms with Crippen LogP contribution < -0.4 is 0 Å². The molecule has 0 saturated heterocycles. The van der Waals surface area contributed by atoms with Crippen molar-refractivity contribution in [2.24, 2.45) is 0 Å². The van der Waals surface area contributed by atoms with Gasteiger partial charge in [-0.2, -0.15) is 0 Å². The van der Waals surface area contributed by atoms with Gasteiger partial charge in [-0.05, 0) is 30.7 Å². The van der Waals surface area contributed by atoms with Crippen LogP contribution in [0.15, 0.2) is 54.7 Å². The van der Waals surface area contributed by atoms with Crippen LogP contribution in [0.25, 0.3) is 10.9 Å². The van der Waals surface area contributed by atoms with Crippen molar-refractivity contribution < 1.29 is 19.1 Å². The lowest BCUT2D eigenvalue weighted by Crippen LogP contribution is -2.07. The van der Waals surface area contributed by atoms with Crippen molar-refractivity contribution in [3.8, 4) is 0 Å². The molecule has 0 saturated carbocycles. The maximum Gasteiger partial charge on any atom is 0.341 e. The number of aromatic nitrogens is 1. The first kappa shape index (κ1) is 17.9. The highest BCUT2D eigenvalue weighted by atomic mass is 35.5. The highest BCUT2D eigenvalue weighted by molar-refractivity contribution is 6.38. The average molecular weight is 370 g/mol. The van der Waals surface area contributed by atoms with Crippen LogP contribution in [-0.2, 0) is 16.1 Å². The summed E-state index contributed by atoms with van der Waals surface area (Å²) in [5.41, 5.74) is 2.10. The van der Waals surface area contributed by atoms with E-state index in [4.69, 9.17) is 21.1 Å². The second-order valence-corrected chi connectivity index (χ2v) is 5.88. The molecule has 5 nitrogen and oxygen atoms in total. The maximum atomic E-state index is 12.0. The highest BCUT2D eigenvalue weighted by Crippen LogP contribution is 2.27. The number of pyridine rings is 1. The lowest BCUT2D eigenvalue weighted by molar-refractivity contribution is 0.0471. The van der Waals surface area contributed by atoms with Gasteiger partial charge in [-0.3, -0.25) is 4.98 Å². The molecule has 1 heterocycles. The molecule has 0 spiro atoms. The Morgan fingerprint density at radius 1 is 1.04 bits per heavy atom. The van der Waals surface area contributed by atoms with Gasteiger partial charge in [-0.15, -0.1) is 0 Å². The number of fused-ring (bicyclic) bond motifs is 1. The third-order valence-corrected chi connectivity index (χ3v) is 4.15. The smallest absolute Gasteiger partial charge is 0.341 e. The fraction of sp³-hybridized carbons (Fsp3) is 0.150. The molecule has 0 radical (unpaired) electrons. The fourth-order valence-electron chi connectivity index (χ4n) is 2.45. The number of rotatable bonds is 5. The third-order valence-electron chi connectivity index (χ3n) is 3.74. The third kappa shape index (κ3) is 3.83. The summed E-state index contributed by atoms with van der Waals surface area (Å²) < 4.78 is 10.3. The Hall–Kier alpha value is -2.92. The second-order valence-electron chi connectivity index (χ2n) is 5.50. The minimum absolute atomic E-state index is 0.114. The number of carbonyl (C=O) groups excluding carboxylic acids is 2. The fourth-order valence-corrected chi connectivity index (χ4v) is 2.74. The SMILES string of the molecule is CCOC(=O)c1cnc2cc(COC(=O)c3ccccc3)ccc2c1Cl. The number of hydrogen-bond acceptors (Lipinski definition) is 5. The molecule has 3 aromatic rings. The van der Waals surface area contributed by atoms with Gasteiger partial charge >= 0.3 is 11.9 Å². The van der Waals surface area contributed by atoms with Crippen LogP contribution in [0.2, 0.25) is 5.02 Å². The number of halogens is 1. The minimum atomic E-state index is -0.507. The van der Waals surface area contributed by atoms with E-state index in [1.807, 2.05) is 6.07 Å². The molecular formula is C20H16ClNO4. The molecule has 0 aliphatic heterocycles. The Morgan fingerprint density at radius 3 is 2.54 bits per heavy atom. The second kappa shape index (κ2) is 7.97. The summed E-state index contributed by atoms with van der Waals surface area (Å²) in [6, 6.07) is 14.1. The molecule has 0 bridgehead atoms. The zero-order chi connectivity index (χ0) is 18.5. The Bertz CT molecular complexity index is 957. The van der Waals surface area contributed by atoms with E-state index in [2.05, 4.69) is 4.98 Å². The first-order valence-electron chi connectivity index (χ1n) is 8.06. The van der Waals surface area contributed by atoms with Gasteiger partial charge in [0.25, 0.3) is 0 Å². The zero-order valence-corrected chi connectivity index (χ0v) is 14.8. The Morgan fingerprint density at radius 2 is 1.81 bits per heavy atom. The van der Waals surface area contributed by atoms with Crippen LogP contribution in [-0.4, -0.2) is 23.5 Å². The number of benzene rings is 2. The summed E-state index contributed by atoms with van der Waals surface area (Å²) in [4.78, 5) is 28.2. The maximum absolute atomic E-state index is 12.0. The van der Waals surface area contributed by atoms with Crippen LogP contribution in [0.5, 0.6) is 0 Å². The van der Waals surface area contributed by atoms with Gasteiger partial charge in [0, 0.05) is 11.6 Å². The first-order chi connectivity index (χ1) is 12.6. The van der Waals surface area contributed by atoms with Crippen LogP contribution in [0.3, 0.4) is 0 Å². The zero-order valence-electron chi connectivity index (χ0n) is 14.1. The largest absolute Gasteiger partial charge is 0.462 e. The van der Waals surface area contributed by atoms with Crippen LogP contribution >= 0.6 is 11.6 Å². The molecule has 0 aliphatic rings. The van der Waals surface area contributed by atoms with Crippen molar-refractivity contribution in [2.75, 3.05) is 6.61 Å². The molecule has 0 N–H and O–H groups in total. The van der Waals surface area contributed by atoms with Gasteiger partial charge in [-0.25, -0.2) is 9.59 Å². The van der Waals surface area contributed by atoms with Gasteiger partial charge in [0.1, 0.15) is 6.61 Å². The molecule has 132 valence electrons. The predicted octanol–water partition coefficient (Wildman–Crippen LogP) is 4.42. The summed E-state index contributed by atoms with van der Waals surface area (Å²) in [5, 5.41) is 0.927. The van der Waals surface area contributed by atoms with Gasteiger partial charge in [0.2, 0.25) is 0 Å². The molecule has 26 heavy (non-hydrogen) atoms. The van der Waals surface area contributed by atoms with E-state index in [-0.39, 0.29) is 18.8 Å². The van der Waals surface area contributed by atoms with Gasteiger partial charge in [0.15, 0.2) is 0 Å². The van der Waals surface area contributed by atoms with Crippen molar-refractivity contribution in [3.63, 3.8) is 0 Å². The molecule has 3 rings (SSSR count). The van der Waals surface area contributed by atoms with E-state index in [1.54, 1.807) is 49.4 Å². The van der Waals surface area contributed by atoms with E-state index < -0.39 is 11.9 Å². The normalized spacial score (nSPS) is 10.5. The molecule has 0 aliphatic carbocycles. The summed E-state index contributed by atoms with van der Waals surface area (Å²) in [7, 11) is 0. The number of hydrogen-bond donors (Lipinski definition) is 0. The molecule has 0 fully saturated rings. The molecular weight excluding hydrogens is 354 g/mol. The molecule has 0 atom stereocenters. The highest BCUT2D eigenvalue weighted by Gasteiger charge is 2.15. The number of esters is 2. The van der Waals surface area contributed by atoms with Crippen LogP contribution in [0.1, 0.15) is 33.2 Å². The number of ether oxygens (including phenoxy) is 2. The van der Waals surface area contributed by atoms with Crippen molar-refractivity contribution in [1.82, 2.24) is 4.98 Å². The van der Waals surface area contributed by atoms with Crippen molar-refractivity contribution in [3.05, 3.63) is 76.4 Å². The van der Waals surface area contributed by atoms with Crippen molar-refractivity contribution >= 4 is 34.4 Å². The quantitative estimate of drug-likeness (QED) is 0.623. The summed E-state index contributed by atoms with van der Waals surface area (Å²) in [6.07, 6.45) is 1.39. The summed E-state index contributed by atoms with van der Waals surface area (Å²) in [6.45, 7) is 2.10. The van der Waals surface area contributed by atoms with E-state index in [0.29, 0.717) is 21.5 Å². The average Bonchev–Trinajstić information content (AvgIpc) is 2.67. The molecule has 0 amide bonds. The van der Waals surface area contributed by atoms with Gasteiger partial charge < -0.3 is 9.47 Å². The van der Waals surface area contributed by atoms with Crippen molar-refractivity contribution in [1.29, 1.82) is 0 Å². The Kier molecular flexibility index (Phi) is 5.49. The van der Waals surface area contributed by atoms with Crippen molar-refractivity contribution in [2.45, 2.75) is 13.5 Å². The Labute approximate surface area is 155 Å². The monoisotopic (exact) mass is 369 g/mol. The number of nitrogens with zero attached hydrogens (tertiary/aromatic N) is 1. The van der Waals surface area contributed by atoms with E-state index in [0.717, 1.165) is 5.56 Å². The lowest BCUT2D eigenvalue weighted by atomic mass is 10.1. The molecule has 2 aromatic carbocycles. The molecule has 0 unspecified atom stereocenters. The Balaban J connectivity index is 1.78. The number of carbonyl (C=O) groups is 2. The minimum Gasteiger partial charge on any atom is -0.462 e.